The standard InChI is InChI=1S/C12H24N2O/c1-10(2)12(6-7-12)9-14-11(15)5-4-8-13-3/h10,13H,4-9H2,1-3H3,(H,14,15). The Morgan fingerprint density at radius 2 is 2.07 bits per heavy atom. The van der Waals surface area contributed by atoms with Crippen LogP contribution in [0.4, 0.5) is 0 Å². The van der Waals surface area contributed by atoms with Gasteiger partial charge in [-0.05, 0) is 44.2 Å². The minimum atomic E-state index is 0.206. The Kier molecular flexibility index (Phi) is 4.58. The molecule has 0 aromatic heterocycles. The van der Waals surface area contributed by atoms with Crippen LogP contribution in [0, 0.1) is 11.3 Å². The minimum absolute atomic E-state index is 0.206. The molecule has 1 aliphatic rings. The molecule has 3 nitrogen and oxygen atoms in total. The third kappa shape index (κ3) is 3.82. The third-order valence-corrected chi connectivity index (χ3v) is 3.59. The fraction of sp³-hybridized carbons (Fsp3) is 0.917. The topological polar surface area (TPSA) is 41.1 Å². The van der Waals surface area contributed by atoms with E-state index >= 15 is 0 Å². The van der Waals surface area contributed by atoms with Crippen molar-refractivity contribution < 1.29 is 4.79 Å². The normalized spacial score (nSPS) is 17.9. The number of hydrogen-bond donors (Lipinski definition) is 2. The van der Waals surface area contributed by atoms with Gasteiger partial charge in [0, 0.05) is 13.0 Å². The van der Waals surface area contributed by atoms with Gasteiger partial charge < -0.3 is 10.6 Å². The highest BCUT2D eigenvalue weighted by molar-refractivity contribution is 5.75. The SMILES string of the molecule is CNCCCC(=O)NCC1(C(C)C)CC1. The zero-order valence-electron chi connectivity index (χ0n) is 10.2. The highest BCUT2D eigenvalue weighted by atomic mass is 16.1. The molecule has 0 atom stereocenters. The van der Waals surface area contributed by atoms with Gasteiger partial charge in [0.1, 0.15) is 0 Å². The number of rotatable bonds is 7. The number of carbonyl (C=O) groups is 1. The largest absolute Gasteiger partial charge is 0.356 e. The van der Waals surface area contributed by atoms with Gasteiger partial charge in [-0.3, -0.25) is 4.79 Å². The lowest BCUT2D eigenvalue weighted by atomic mass is 9.92. The van der Waals surface area contributed by atoms with Crippen LogP contribution in [0.15, 0.2) is 0 Å². The van der Waals surface area contributed by atoms with Crippen LogP contribution >= 0.6 is 0 Å². The van der Waals surface area contributed by atoms with Gasteiger partial charge >= 0.3 is 0 Å². The van der Waals surface area contributed by atoms with E-state index in [1.54, 1.807) is 0 Å². The Labute approximate surface area is 93.0 Å². The Hall–Kier alpha value is -0.570. The van der Waals surface area contributed by atoms with Crippen LogP contribution in [-0.2, 0) is 4.79 Å². The lowest BCUT2D eigenvalue weighted by Crippen LogP contribution is -2.32. The van der Waals surface area contributed by atoms with Gasteiger partial charge in [-0.1, -0.05) is 13.8 Å². The van der Waals surface area contributed by atoms with Crippen molar-refractivity contribution in [3.05, 3.63) is 0 Å². The molecule has 0 unspecified atom stereocenters. The van der Waals surface area contributed by atoms with Crippen molar-refractivity contribution in [1.82, 2.24) is 10.6 Å². The van der Waals surface area contributed by atoms with E-state index in [-0.39, 0.29) is 5.91 Å². The Bertz CT molecular complexity index is 210. The van der Waals surface area contributed by atoms with E-state index in [0.717, 1.165) is 19.5 Å². The van der Waals surface area contributed by atoms with Crippen molar-refractivity contribution in [3.8, 4) is 0 Å². The van der Waals surface area contributed by atoms with Gasteiger partial charge in [-0.2, -0.15) is 0 Å². The molecule has 0 aromatic carbocycles. The molecular formula is C12H24N2O. The second-order valence-corrected chi connectivity index (χ2v) is 5.00. The molecule has 0 aromatic rings. The van der Waals surface area contributed by atoms with E-state index in [4.69, 9.17) is 0 Å². The van der Waals surface area contributed by atoms with Gasteiger partial charge in [0.2, 0.25) is 5.91 Å². The number of nitrogens with one attached hydrogen (secondary N) is 2. The van der Waals surface area contributed by atoms with E-state index in [1.165, 1.54) is 12.8 Å². The molecule has 0 spiro atoms. The maximum atomic E-state index is 11.5. The summed E-state index contributed by atoms with van der Waals surface area (Å²) in [5.41, 5.74) is 0.429. The summed E-state index contributed by atoms with van der Waals surface area (Å²) in [5, 5.41) is 6.10. The third-order valence-electron chi connectivity index (χ3n) is 3.59. The molecular weight excluding hydrogens is 188 g/mol. The van der Waals surface area contributed by atoms with Gasteiger partial charge in [0.05, 0.1) is 0 Å². The first kappa shape index (κ1) is 12.5. The molecule has 0 heterocycles. The van der Waals surface area contributed by atoms with E-state index in [1.807, 2.05) is 7.05 Å². The highest BCUT2D eigenvalue weighted by Gasteiger charge is 2.45. The lowest BCUT2D eigenvalue weighted by molar-refractivity contribution is -0.121. The monoisotopic (exact) mass is 212 g/mol. The molecule has 0 aliphatic heterocycles. The summed E-state index contributed by atoms with van der Waals surface area (Å²) in [6.07, 6.45) is 4.13. The Balaban J connectivity index is 2.12. The van der Waals surface area contributed by atoms with Gasteiger partial charge in [0.15, 0.2) is 0 Å². The fourth-order valence-electron chi connectivity index (χ4n) is 1.91. The molecule has 0 saturated heterocycles. The summed E-state index contributed by atoms with van der Waals surface area (Å²) in [6, 6.07) is 0. The second-order valence-electron chi connectivity index (χ2n) is 5.00. The van der Waals surface area contributed by atoms with E-state index < -0.39 is 0 Å². The quantitative estimate of drug-likeness (QED) is 0.629. The molecule has 1 amide bonds. The van der Waals surface area contributed by atoms with Crippen molar-refractivity contribution in [1.29, 1.82) is 0 Å². The van der Waals surface area contributed by atoms with E-state index in [9.17, 15) is 4.79 Å². The van der Waals surface area contributed by atoms with Gasteiger partial charge in [-0.25, -0.2) is 0 Å². The van der Waals surface area contributed by atoms with E-state index in [0.29, 0.717) is 17.8 Å². The average Bonchev–Trinajstić information content (AvgIpc) is 2.96. The summed E-state index contributed by atoms with van der Waals surface area (Å²) in [6.45, 7) is 6.30. The van der Waals surface area contributed by atoms with Crippen molar-refractivity contribution in [2.24, 2.45) is 11.3 Å². The molecule has 1 saturated carbocycles. The van der Waals surface area contributed by atoms with Crippen molar-refractivity contribution in [2.45, 2.75) is 39.5 Å². The van der Waals surface area contributed by atoms with Crippen molar-refractivity contribution in [2.75, 3.05) is 20.1 Å². The summed E-state index contributed by atoms with van der Waals surface area (Å²) in [5.74, 6) is 0.896. The molecule has 3 heteroatoms. The van der Waals surface area contributed by atoms with Crippen molar-refractivity contribution >= 4 is 5.91 Å². The number of carbonyl (C=O) groups excluding carboxylic acids is 1. The fourth-order valence-corrected chi connectivity index (χ4v) is 1.91. The average molecular weight is 212 g/mol. The second kappa shape index (κ2) is 5.50. The molecule has 1 aliphatic carbocycles. The maximum Gasteiger partial charge on any atom is 0.220 e. The van der Waals surface area contributed by atoms with E-state index in [2.05, 4.69) is 24.5 Å². The first-order chi connectivity index (χ1) is 7.10. The molecule has 2 N–H and O–H groups in total. The molecule has 0 radical (unpaired) electrons. The minimum Gasteiger partial charge on any atom is -0.356 e. The first-order valence-electron chi connectivity index (χ1n) is 6.02. The molecule has 1 fully saturated rings. The summed E-state index contributed by atoms with van der Waals surface area (Å²) < 4.78 is 0. The van der Waals surface area contributed by atoms with Crippen LogP contribution in [0.1, 0.15) is 39.5 Å². The predicted molar refractivity (Wildman–Crippen MR) is 62.7 cm³/mol. The summed E-state index contributed by atoms with van der Waals surface area (Å²) in [4.78, 5) is 11.5. The molecule has 15 heavy (non-hydrogen) atoms. The van der Waals surface area contributed by atoms with Crippen LogP contribution in [0.5, 0.6) is 0 Å². The van der Waals surface area contributed by atoms with Crippen LogP contribution in [0.2, 0.25) is 0 Å². The smallest absolute Gasteiger partial charge is 0.220 e. The first-order valence-corrected chi connectivity index (χ1v) is 6.02. The van der Waals surface area contributed by atoms with Crippen molar-refractivity contribution in [3.63, 3.8) is 0 Å². The maximum absolute atomic E-state index is 11.5. The van der Waals surface area contributed by atoms with Crippen LogP contribution in [0.25, 0.3) is 0 Å². The molecule has 0 bridgehead atoms. The summed E-state index contributed by atoms with van der Waals surface area (Å²) in [7, 11) is 1.91. The zero-order valence-corrected chi connectivity index (χ0v) is 10.2. The van der Waals surface area contributed by atoms with Crippen LogP contribution in [0.3, 0.4) is 0 Å². The van der Waals surface area contributed by atoms with Crippen LogP contribution < -0.4 is 10.6 Å². The summed E-state index contributed by atoms with van der Waals surface area (Å²) >= 11 is 0. The van der Waals surface area contributed by atoms with Gasteiger partial charge in [-0.15, -0.1) is 0 Å². The van der Waals surface area contributed by atoms with Gasteiger partial charge in [0.25, 0.3) is 0 Å². The predicted octanol–water partition coefficient (Wildman–Crippen LogP) is 1.54. The highest BCUT2D eigenvalue weighted by Crippen LogP contribution is 2.51. The Morgan fingerprint density at radius 1 is 1.40 bits per heavy atom. The lowest BCUT2D eigenvalue weighted by Gasteiger charge is -2.19. The molecule has 1 rings (SSSR count). The Morgan fingerprint density at radius 3 is 2.53 bits per heavy atom. The number of hydrogen-bond acceptors (Lipinski definition) is 2. The van der Waals surface area contributed by atoms with Crippen LogP contribution in [-0.4, -0.2) is 26.0 Å². The molecule has 88 valence electrons. The zero-order chi connectivity index (χ0) is 11.3. The number of amides is 1.